The highest BCUT2D eigenvalue weighted by molar-refractivity contribution is 6.04. The molecule has 2 aliphatic rings. The number of hydrogen-bond donors (Lipinski definition) is 2. The SMILES string of the molecule is CCOc1cc(C2Nc3cccc4cccc(c34)N2)ccc1OCc1cc([N+](=O)[O-])cc2c1OCOC2. The summed E-state index contributed by atoms with van der Waals surface area (Å²) in [5, 5.41) is 20.9. The Labute approximate surface area is 213 Å². The molecule has 9 nitrogen and oxygen atoms in total. The fourth-order valence-electron chi connectivity index (χ4n) is 4.84. The molecule has 0 saturated heterocycles. The van der Waals surface area contributed by atoms with E-state index < -0.39 is 4.92 Å². The van der Waals surface area contributed by atoms with Crippen LogP contribution in [0.1, 0.15) is 29.8 Å². The molecule has 6 rings (SSSR count). The van der Waals surface area contributed by atoms with Gasteiger partial charge in [0.25, 0.3) is 5.69 Å². The molecule has 9 heteroatoms. The first-order chi connectivity index (χ1) is 18.1. The van der Waals surface area contributed by atoms with Gasteiger partial charge in [0.15, 0.2) is 18.3 Å². The lowest BCUT2D eigenvalue weighted by Crippen LogP contribution is -2.23. The molecule has 0 saturated carbocycles. The van der Waals surface area contributed by atoms with Crippen molar-refractivity contribution < 1.29 is 23.9 Å². The van der Waals surface area contributed by atoms with Gasteiger partial charge in [-0.15, -0.1) is 0 Å². The van der Waals surface area contributed by atoms with Crippen LogP contribution in [0.3, 0.4) is 0 Å². The molecule has 0 amide bonds. The first kappa shape index (κ1) is 22.9. The summed E-state index contributed by atoms with van der Waals surface area (Å²) < 4.78 is 23.0. The molecule has 0 atom stereocenters. The van der Waals surface area contributed by atoms with Gasteiger partial charge in [0.2, 0.25) is 0 Å². The average molecular weight is 500 g/mol. The summed E-state index contributed by atoms with van der Waals surface area (Å²) in [6, 6.07) is 21.2. The maximum Gasteiger partial charge on any atom is 0.270 e. The number of benzene rings is 4. The molecule has 2 aliphatic heterocycles. The molecule has 0 unspecified atom stereocenters. The van der Waals surface area contributed by atoms with E-state index in [1.165, 1.54) is 22.9 Å². The predicted octanol–water partition coefficient (Wildman–Crippen LogP) is 6.13. The Kier molecular flexibility index (Phi) is 5.90. The molecule has 0 aliphatic carbocycles. The molecular weight excluding hydrogens is 474 g/mol. The lowest BCUT2D eigenvalue weighted by Gasteiger charge is -2.30. The van der Waals surface area contributed by atoms with Crippen molar-refractivity contribution in [3.8, 4) is 17.2 Å². The van der Waals surface area contributed by atoms with Gasteiger partial charge in [0.1, 0.15) is 18.5 Å². The highest BCUT2D eigenvalue weighted by Gasteiger charge is 2.23. The second kappa shape index (κ2) is 9.51. The van der Waals surface area contributed by atoms with Gasteiger partial charge in [-0.3, -0.25) is 10.1 Å². The maximum atomic E-state index is 11.4. The number of nitro groups is 1. The maximum absolute atomic E-state index is 11.4. The minimum absolute atomic E-state index is 0.0309. The number of anilines is 2. The zero-order chi connectivity index (χ0) is 25.4. The van der Waals surface area contributed by atoms with Crippen LogP contribution in [0.2, 0.25) is 0 Å². The molecule has 188 valence electrons. The van der Waals surface area contributed by atoms with Crippen molar-refractivity contribution >= 4 is 27.8 Å². The quantitative estimate of drug-likeness (QED) is 0.231. The van der Waals surface area contributed by atoms with E-state index in [9.17, 15) is 10.1 Å². The van der Waals surface area contributed by atoms with Crippen LogP contribution < -0.4 is 24.8 Å². The molecule has 0 bridgehead atoms. The van der Waals surface area contributed by atoms with Gasteiger partial charge in [-0.25, -0.2) is 0 Å². The smallest absolute Gasteiger partial charge is 0.270 e. The number of hydrogen-bond acceptors (Lipinski definition) is 8. The second-order valence-electron chi connectivity index (χ2n) is 8.82. The highest BCUT2D eigenvalue weighted by Crippen LogP contribution is 2.40. The Morgan fingerprint density at radius 3 is 2.51 bits per heavy atom. The van der Waals surface area contributed by atoms with Gasteiger partial charge < -0.3 is 29.6 Å². The fourth-order valence-corrected chi connectivity index (χ4v) is 4.84. The van der Waals surface area contributed by atoms with E-state index >= 15 is 0 Å². The third kappa shape index (κ3) is 4.34. The average Bonchev–Trinajstić information content (AvgIpc) is 2.92. The number of ether oxygens (including phenoxy) is 4. The van der Waals surface area contributed by atoms with Crippen LogP contribution in [-0.2, 0) is 18.0 Å². The Morgan fingerprint density at radius 2 is 1.78 bits per heavy atom. The zero-order valence-electron chi connectivity index (χ0n) is 20.2. The van der Waals surface area contributed by atoms with Crippen LogP contribution in [0.15, 0.2) is 66.7 Å². The molecule has 37 heavy (non-hydrogen) atoms. The van der Waals surface area contributed by atoms with Crippen LogP contribution in [0, 0.1) is 10.1 Å². The highest BCUT2D eigenvalue weighted by atomic mass is 16.7. The fraction of sp³-hybridized carbons (Fsp3) is 0.214. The van der Waals surface area contributed by atoms with Gasteiger partial charge >= 0.3 is 0 Å². The number of nitrogens with one attached hydrogen (secondary N) is 2. The van der Waals surface area contributed by atoms with Crippen LogP contribution in [-0.4, -0.2) is 18.3 Å². The van der Waals surface area contributed by atoms with E-state index in [0.29, 0.717) is 35.0 Å². The van der Waals surface area contributed by atoms with Crippen molar-refractivity contribution in [1.29, 1.82) is 0 Å². The second-order valence-corrected chi connectivity index (χ2v) is 8.82. The summed E-state index contributed by atoms with van der Waals surface area (Å²) in [6.07, 6.45) is -0.161. The van der Waals surface area contributed by atoms with Crippen molar-refractivity contribution in [2.24, 2.45) is 0 Å². The summed E-state index contributed by atoms with van der Waals surface area (Å²) in [5.74, 6) is 1.69. The van der Waals surface area contributed by atoms with Crippen molar-refractivity contribution in [3.05, 3.63) is 93.5 Å². The number of nitro benzene ring substituents is 1. The van der Waals surface area contributed by atoms with E-state index in [0.717, 1.165) is 16.9 Å². The molecule has 0 spiro atoms. The van der Waals surface area contributed by atoms with Crippen LogP contribution in [0.25, 0.3) is 10.8 Å². The topological polar surface area (TPSA) is 104 Å². The zero-order valence-corrected chi connectivity index (χ0v) is 20.2. The first-order valence-electron chi connectivity index (χ1n) is 12.1. The van der Waals surface area contributed by atoms with Gasteiger partial charge in [-0.1, -0.05) is 30.3 Å². The predicted molar refractivity (Wildman–Crippen MR) is 139 cm³/mol. The summed E-state index contributed by atoms with van der Waals surface area (Å²) >= 11 is 0. The Morgan fingerprint density at radius 1 is 1.00 bits per heavy atom. The minimum Gasteiger partial charge on any atom is -0.490 e. The van der Waals surface area contributed by atoms with Crippen molar-refractivity contribution in [3.63, 3.8) is 0 Å². The summed E-state index contributed by atoms with van der Waals surface area (Å²) in [5.41, 5.74) is 4.29. The summed E-state index contributed by atoms with van der Waals surface area (Å²) in [4.78, 5) is 11.0. The van der Waals surface area contributed by atoms with Crippen LogP contribution >= 0.6 is 0 Å². The monoisotopic (exact) mass is 499 g/mol. The van der Waals surface area contributed by atoms with Gasteiger partial charge in [-0.2, -0.15) is 0 Å². The number of non-ortho nitro benzene ring substituents is 1. The molecule has 4 aromatic carbocycles. The minimum atomic E-state index is -0.429. The summed E-state index contributed by atoms with van der Waals surface area (Å²) in [6.45, 7) is 2.80. The molecule has 4 aromatic rings. The molecule has 0 aromatic heterocycles. The third-order valence-corrected chi connectivity index (χ3v) is 6.47. The molecule has 0 radical (unpaired) electrons. The summed E-state index contributed by atoms with van der Waals surface area (Å²) in [7, 11) is 0. The van der Waals surface area contributed by atoms with E-state index in [1.807, 2.05) is 37.3 Å². The standard InChI is InChI=1S/C28H25N3O6/c1-2-35-25-13-18(28-29-22-7-3-5-17-6-4-8-23(30-28)26(17)22)9-10-24(25)36-15-20-12-21(31(32)33)11-19-14-34-16-37-27(19)20/h3-13,28-30H,2,14-16H2,1H3. The first-order valence-corrected chi connectivity index (χ1v) is 12.1. The lowest BCUT2D eigenvalue weighted by atomic mass is 10.0. The van der Waals surface area contributed by atoms with E-state index in [4.69, 9.17) is 18.9 Å². The lowest BCUT2D eigenvalue weighted by molar-refractivity contribution is -0.385. The molecule has 2 heterocycles. The van der Waals surface area contributed by atoms with Gasteiger partial charge in [-0.05, 0) is 42.1 Å². The Balaban J connectivity index is 1.27. The van der Waals surface area contributed by atoms with E-state index in [1.54, 1.807) is 0 Å². The van der Waals surface area contributed by atoms with Gasteiger partial charge in [0, 0.05) is 40.0 Å². The van der Waals surface area contributed by atoms with E-state index in [2.05, 4.69) is 34.9 Å². The largest absolute Gasteiger partial charge is 0.490 e. The Hall–Kier alpha value is -4.50. The van der Waals surface area contributed by atoms with Crippen LogP contribution in [0.4, 0.5) is 17.1 Å². The number of rotatable bonds is 7. The van der Waals surface area contributed by atoms with Crippen LogP contribution in [0.5, 0.6) is 17.2 Å². The van der Waals surface area contributed by atoms with E-state index in [-0.39, 0.29) is 31.9 Å². The number of fused-ring (bicyclic) bond motifs is 1. The normalized spacial score (nSPS) is 14.2. The Bertz CT molecular complexity index is 1460. The molecular formula is C28H25N3O6. The van der Waals surface area contributed by atoms with Crippen molar-refractivity contribution in [1.82, 2.24) is 0 Å². The number of nitrogens with zero attached hydrogens (tertiary/aromatic N) is 1. The molecule has 0 fully saturated rings. The molecule has 2 N–H and O–H groups in total. The van der Waals surface area contributed by atoms with Crippen molar-refractivity contribution in [2.45, 2.75) is 26.3 Å². The van der Waals surface area contributed by atoms with Gasteiger partial charge in [0.05, 0.1) is 18.1 Å². The van der Waals surface area contributed by atoms with Crippen molar-refractivity contribution in [2.75, 3.05) is 24.0 Å². The third-order valence-electron chi connectivity index (χ3n) is 6.47.